The number of hydrogen-bond acceptors (Lipinski definition) is 2. The van der Waals surface area contributed by atoms with Gasteiger partial charge < -0.3 is 9.47 Å². The fraction of sp³-hybridized carbons (Fsp3) is 0.200. The molecule has 106 valence electrons. The Hall–Kier alpha value is -1.07. The predicted molar refractivity (Wildman–Crippen MR) is 84.1 cm³/mol. The summed E-state index contributed by atoms with van der Waals surface area (Å²) < 4.78 is 25.0. The number of halogens is 3. The van der Waals surface area contributed by atoms with E-state index in [1.54, 1.807) is 13.2 Å². The molecule has 0 atom stereocenters. The third kappa shape index (κ3) is 3.73. The topological polar surface area (TPSA) is 18.5 Å². The molecule has 2 aromatic carbocycles. The quantitative estimate of drug-likeness (QED) is 0.648. The third-order valence-corrected chi connectivity index (χ3v) is 3.95. The molecule has 0 aliphatic heterocycles. The van der Waals surface area contributed by atoms with Crippen LogP contribution in [0.5, 0.6) is 11.5 Å². The zero-order chi connectivity index (χ0) is 14.5. The lowest BCUT2D eigenvalue weighted by molar-refractivity contribution is 0.282. The van der Waals surface area contributed by atoms with Crippen molar-refractivity contribution in [2.75, 3.05) is 7.11 Å². The van der Waals surface area contributed by atoms with Crippen LogP contribution in [0.15, 0.2) is 40.9 Å². The molecule has 0 fully saturated rings. The first-order chi connectivity index (χ1) is 9.63. The van der Waals surface area contributed by atoms with Gasteiger partial charge in [-0.1, -0.05) is 28.1 Å². The van der Waals surface area contributed by atoms with Gasteiger partial charge in [0.25, 0.3) is 0 Å². The lowest BCUT2D eigenvalue weighted by Crippen LogP contribution is -1.99. The maximum atomic E-state index is 13.1. The number of benzene rings is 2. The van der Waals surface area contributed by atoms with Crippen molar-refractivity contribution in [3.8, 4) is 11.5 Å². The fourth-order valence-corrected chi connectivity index (χ4v) is 2.70. The average Bonchev–Trinajstić information content (AvgIpc) is 2.45. The third-order valence-electron chi connectivity index (χ3n) is 2.72. The molecule has 0 radical (unpaired) electrons. The minimum atomic E-state index is -0.272. The molecule has 2 nitrogen and oxygen atoms in total. The molecule has 0 aliphatic carbocycles. The zero-order valence-electron chi connectivity index (χ0n) is 10.8. The van der Waals surface area contributed by atoms with E-state index in [0.717, 1.165) is 20.9 Å². The Labute approximate surface area is 134 Å². The SMILES string of the molecule is COc1cc(CBr)cc(Br)c1OCc1cccc(F)c1. The molecule has 0 amide bonds. The number of hydrogen-bond donors (Lipinski definition) is 0. The summed E-state index contributed by atoms with van der Waals surface area (Å²) in [5.41, 5.74) is 1.84. The molecule has 0 saturated heterocycles. The van der Waals surface area contributed by atoms with Gasteiger partial charge in [-0.15, -0.1) is 0 Å². The first-order valence-electron chi connectivity index (χ1n) is 5.93. The minimum Gasteiger partial charge on any atom is -0.493 e. The summed E-state index contributed by atoms with van der Waals surface area (Å²) in [5.74, 6) is 0.985. The zero-order valence-corrected chi connectivity index (χ0v) is 14.0. The summed E-state index contributed by atoms with van der Waals surface area (Å²) in [6, 6.07) is 10.2. The molecule has 20 heavy (non-hydrogen) atoms. The number of methoxy groups -OCH3 is 1. The van der Waals surface area contributed by atoms with Crippen molar-refractivity contribution in [3.63, 3.8) is 0 Å². The average molecular weight is 404 g/mol. The van der Waals surface area contributed by atoms with Gasteiger partial charge in [-0.2, -0.15) is 0 Å². The Kier molecular flexibility index (Phi) is 5.43. The molecule has 5 heteroatoms. The van der Waals surface area contributed by atoms with E-state index in [1.165, 1.54) is 12.1 Å². The van der Waals surface area contributed by atoms with Crippen LogP contribution < -0.4 is 9.47 Å². The van der Waals surface area contributed by atoms with E-state index in [2.05, 4.69) is 31.9 Å². The Bertz CT molecular complexity index is 602. The van der Waals surface area contributed by atoms with Crippen LogP contribution in [-0.2, 0) is 11.9 Å². The lowest BCUT2D eigenvalue weighted by Gasteiger charge is -2.14. The standard InChI is InChI=1S/C15H13Br2FO2/c1-19-14-7-11(8-16)6-13(17)15(14)20-9-10-3-2-4-12(18)5-10/h2-7H,8-9H2,1H3. The van der Waals surface area contributed by atoms with Crippen LogP contribution in [0.2, 0.25) is 0 Å². The van der Waals surface area contributed by atoms with Crippen molar-refractivity contribution in [1.82, 2.24) is 0 Å². The van der Waals surface area contributed by atoms with Crippen LogP contribution in [0.25, 0.3) is 0 Å². The Morgan fingerprint density at radius 3 is 2.60 bits per heavy atom. The maximum absolute atomic E-state index is 13.1. The van der Waals surface area contributed by atoms with Crippen molar-refractivity contribution in [3.05, 3.63) is 57.8 Å². The first-order valence-corrected chi connectivity index (χ1v) is 7.85. The van der Waals surface area contributed by atoms with E-state index < -0.39 is 0 Å². The highest BCUT2D eigenvalue weighted by atomic mass is 79.9. The molecule has 0 saturated carbocycles. The highest BCUT2D eigenvalue weighted by molar-refractivity contribution is 9.10. The first kappa shape index (κ1) is 15.3. The van der Waals surface area contributed by atoms with Gasteiger partial charge in [0.2, 0.25) is 0 Å². The molecular weight excluding hydrogens is 391 g/mol. The maximum Gasteiger partial charge on any atom is 0.175 e. The predicted octanol–water partition coefficient (Wildman–Crippen LogP) is 5.07. The minimum absolute atomic E-state index is 0.272. The number of alkyl halides is 1. The van der Waals surface area contributed by atoms with Gasteiger partial charge in [-0.05, 0) is 51.3 Å². The number of ether oxygens (including phenoxy) is 2. The highest BCUT2D eigenvalue weighted by Gasteiger charge is 2.11. The summed E-state index contributed by atoms with van der Waals surface area (Å²) in [6.45, 7) is 0.278. The molecule has 0 N–H and O–H groups in total. The van der Waals surface area contributed by atoms with E-state index >= 15 is 0 Å². The molecular formula is C15H13Br2FO2. The molecule has 0 bridgehead atoms. The monoisotopic (exact) mass is 402 g/mol. The summed E-state index contributed by atoms with van der Waals surface area (Å²) in [6.07, 6.45) is 0. The van der Waals surface area contributed by atoms with E-state index in [0.29, 0.717) is 11.5 Å². The molecule has 0 spiro atoms. The summed E-state index contributed by atoms with van der Waals surface area (Å²) in [7, 11) is 1.59. The van der Waals surface area contributed by atoms with Crippen LogP contribution in [0, 0.1) is 5.82 Å². The van der Waals surface area contributed by atoms with Crippen LogP contribution in [0.4, 0.5) is 4.39 Å². The van der Waals surface area contributed by atoms with Gasteiger partial charge in [-0.25, -0.2) is 4.39 Å². The van der Waals surface area contributed by atoms with Gasteiger partial charge in [0.1, 0.15) is 12.4 Å². The molecule has 0 aliphatic rings. The van der Waals surface area contributed by atoms with E-state index in [-0.39, 0.29) is 12.4 Å². The van der Waals surface area contributed by atoms with Crippen LogP contribution in [-0.4, -0.2) is 7.11 Å². The molecule has 2 rings (SSSR count). The normalized spacial score (nSPS) is 10.4. The smallest absolute Gasteiger partial charge is 0.175 e. The second-order valence-electron chi connectivity index (χ2n) is 4.16. The Morgan fingerprint density at radius 1 is 1.15 bits per heavy atom. The van der Waals surface area contributed by atoms with Gasteiger partial charge in [0.15, 0.2) is 11.5 Å². The molecule has 0 aromatic heterocycles. The second-order valence-corrected chi connectivity index (χ2v) is 5.58. The summed E-state index contributed by atoms with van der Waals surface area (Å²) in [4.78, 5) is 0. The number of rotatable bonds is 5. The van der Waals surface area contributed by atoms with E-state index in [1.807, 2.05) is 18.2 Å². The largest absolute Gasteiger partial charge is 0.493 e. The fourth-order valence-electron chi connectivity index (χ4n) is 1.77. The summed E-state index contributed by atoms with van der Waals surface area (Å²) >= 11 is 6.87. The lowest BCUT2D eigenvalue weighted by atomic mass is 10.2. The van der Waals surface area contributed by atoms with E-state index in [9.17, 15) is 4.39 Å². The van der Waals surface area contributed by atoms with Crippen molar-refractivity contribution >= 4 is 31.9 Å². The van der Waals surface area contributed by atoms with Gasteiger partial charge in [-0.3, -0.25) is 0 Å². The van der Waals surface area contributed by atoms with Gasteiger partial charge in [0, 0.05) is 5.33 Å². The summed E-state index contributed by atoms with van der Waals surface area (Å²) in [5, 5.41) is 0.728. The van der Waals surface area contributed by atoms with Crippen molar-refractivity contribution < 1.29 is 13.9 Å². The van der Waals surface area contributed by atoms with Crippen molar-refractivity contribution in [2.45, 2.75) is 11.9 Å². The van der Waals surface area contributed by atoms with Gasteiger partial charge in [0.05, 0.1) is 11.6 Å². The molecule has 0 heterocycles. The van der Waals surface area contributed by atoms with Crippen molar-refractivity contribution in [2.24, 2.45) is 0 Å². The Balaban J connectivity index is 2.20. The molecule has 2 aromatic rings. The van der Waals surface area contributed by atoms with Crippen LogP contribution >= 0.6 is 31.9 Å². The second kappa shape index (κ2) is 7.09. The Morgan fingerprint density at radius 2 is 1.95 bits per heavy atom. The highest BCUT2D eigenvalue weighted by Crippen LogP contribution is 2.37. The van der Waals surface area contributed by atoms with Crippen LogP contribution in [0.3, 0.4) is 0 Å². The molecule has 0 unspecified atom stereocenters. The van der Waals surface area contributed by atoms with Crippen molar-refractivity contribution in [1.29, 1.82) is 0 Å². The van der Waals surface area contributed by atoms with Crippen LogP contribution in [0.1, 0.15) is 11.1 Å². The van der Waals surface area contributed by atoms with Gasteiger partial charge >= 0.3 is 0 Å². The van der Waals surface area contributed by atoms with E-state index in [4.69, 9.17) is 9.47 Å².